The second-order valence-electron chi connectivity index (χ2n) is 5.60. The highest BCUT2D eigenvalue weighted by Gasteiger charge is 2.48. The molecule has 0 radical (unpaired) electrons. The molecule has 5 nitrogen and oxygen atoms in total. The summed E-state index contributed by atoms with van der Waals surface area (Å²) in [4.78, 5) is 16.5. The maximum Gasteiger partial charge on any atom is 0.257 e. The summed E-state index contributed by atoms with van der Waals surface area (Å²) in [6.45, 7) is 1.62. The van der Waals surface area contributed by atoms with Crippen molar-refractivity contribution in [3.05, 3.63) is 23.9 Å². The van der Waals surface area contributed by atoms with Crippen LogP contribution in [0.4, 0.5) is 0 Å². The van der Waals surface area contributed by atoms with Gasteiger partial charge in [0.25, 0.3) is 5.91 Å². The number of hydrogen-bond acceptors (Lipinski definition) is 4. The molecule has 0 bridgehead atoms. The van der Waals surface area contributed by atoms with Gasteiger partial charge in [-0.25, -0.2) is 4.98 Å². The Kier molecular flexibility index (Phi) is 3.61. The summed E-state index contributed by atoms with van der Waals surface area (Å²) in [7, 11) is 1.53. The van der Waals surface area contributed by atoms with Gasteiger partial charge in [-0.1, -0.05) is 0 Å². The Labute approximate surface area is 118 Å². The molecular formula is C15H20N2O3. The summed E-state index contributed by atoms with van der Waals surface area (Å²) in [5.74, 6) is 0.288. The highest BCUT2D eigenvalue weighted by molar-refractivity contribution is 5.96. The lowest BCUT2D eigenvalue weighted by atomic mass is 9.60. The van der Waals surface area contributed by atoms with Crippen molar-refractivity contribution in [3.8, 4) is 5.88 Å². The third-order valence-corrected chi connectivity index (χ3v) is 4.67. The van der Waals surface area contributed by atoms with E-state index < -0.39 is 0 Å². The van der Waals surface area contributed by atoms with E-state index in [1.165, 1.54) is 13.5 Å². The fourth-order valence-corrected chi connectivity index (χ4v) is 3.26. The van der Waals surface area contributed by atoms with Crippen LogP contribution < -0.4 is 10.1 Å². The van der Waals surface area contributed by atoms with Crippen molar-refractivity contribution in [1.29, 1.82) is 0 Å². The van der Waals surface area contributed by atoms with Crippen LogP contribution in [-0.4, -0.2) is 37.3 Å². The first-order valence-corrected chi connectivity index (χ1v) is 7.13. The van der Waals surface area contributed by atoms with E-state index >= 15 is 0 Å². The fourth-order valence-electron chi connectivity index (χ4n) is 3.26. The molecule has 2 fully saturated rings. The van der Waals surface area contributed by atoms with Crippen molar-refractivity contribution in [2.75, 3.05) is 20.3 Å². The summed E-state index contributed by atoms with van der Waals surface area (Å²) >= 11 is 0. The zero-order chi connectivity index (χ0) is 14.0. The molecular weight excluding hydrogens is 256 g/mol. The quantitative estimate of drug-likeness (QED) is 0.914. The van der Waals surface area contributed by atoms with Crippen LogP contribution >= 0.6 is 0 Å². The lowest BCUT2D eigenvalue weighted by Gasteiger charge is -2.52. The zero-order valence-corrected chi connectivity index (χ0v) is 11.7. The van der Waals surface area contributed by atoms with Crippen molar-refractivity contribution in [3.63, 3.8) is 0 Å². The predicted molar refractivity (Wildman–Crippen MR) is 73.8 cm³/mol. The van der Waals surface area contributed by atoms with Crippen LogP contribution in [0.1, 0.15) is 36.0 Å². The first-order valence-electron chi connectivity index (χ1n) is 7.13. The van der Waals surface area contributed by atoms with E-state index in [1.807, 2.05) is 0 Å². The maximum atomic E-state index is 12.4. The fraction of sp³-hybridized carbons (Fsp3) is 0.600. The van der Waals surface area contributed by atoms with Gasteiger partial charge >= 0.3 is 0 Å². The molecule has 1 unspecified atom stereocenters. The Hall–Kier alpha value is -1.62. The molecule has 1 aliphatic heterocycles. The molecule has 1 aliphatic carbocycles. The van der Waals surface area contributed by atoms with Gasteiger partial charge < -0.3 is 14.8 Å². The minimum atomic E-state index is -0.0921. The number of carbonyl (C=O) groups is 1. The summed E-state index contributed by atoms with van der Waals surface area (Å²) < 4.78 is 10.6. The topological polar surface area (TPSA) is 60.5 Å². The van der Waals surface area contributed by atoms with Gasteiger partial charge in [-0.15, -0.1) is 0 Å². The smallest absolute Gasteiger partial charge is 0.257 e. The number of pyridine rings is 1. The third-order valence-electron chi connectivity index (χ3n) is 4.67. The Balaban J connectivity index is 1.70. The summed E-state index contributed by atoms with van der Waals surface area (Å²) in [5.41, 5.74) is 0.757. The average molecular weight is 276 g/mol. The SMILES string of the molecule is COc1ncccc1C(=O)NC1CCC12CCOCC2. The monoisotopic (exact) mass is 276 g/mol. The van der Waals surface area contributed by atoms with Gasteiger partial charge in [0, 0.05) is 25.5 Å². The molecule has 1 aromatic heterocycles. The number of aromatic nitrogens is 1. The maximum absolute atomic E-state index is 12.4. The molecule has 1 saturated carbocycles. The molecule has 0 aromatic carbocycles. The van der Waals surface area contributed by atoms with Crippen LogP contribution in [0.2, 0.25) is 0 Å². The number of nitrogens with one attached hydrogen (secondary N) is 1. The predicted octanol–water partition coefficient (Wildman–Crippen LogP) is 1.78. The van der Waals surface area contributed by atoms with E-state index in [2.05, 4.69) is 10.3 Å². The third kappa shape index (κ3) is 2.26. The van der Waals surface area contributed by atoms with E-state index in [-0.39, 0.29) is 17.4 Å². The van der Waals surface area contributed by atoms with E-state index in [0.717, 1.165) is 32.5 Å². The van der Waals surface area contributed by atoms with E-state index in [9.17, 15) is 4.79 Å². The number of methoxy groups -OCH3 is 1. The average Bonchev–Trinajstić information content (AvgIpc) is 2.52. The van der Waals surface area contributed by atoms with Gasteiger partial charge in [0.15, 0.2) is 0 Å². The lowest BCUT2D eigenvalue weighted by molar-refractivity contribution is -0.0523. The van der Waals surface area contributed by atoms with Crippen LogP contribution in [0.15, 0.2) is 18.3 Å². The van der Waals surface area contributed by atoms with Gasteiger partial charge in [-0.05, 0) is 43.2 Å². The van der Waals surface area contributed by atoms with E-state index in [0.29, 0.717) is 11.4 Å². The molecule has 1 saturated heterocycles. The zero-order valence-electron chi connectivity index (χ0n) is 11.7. The Morgan fingerprint density at radius 3 is 2.90 bits per heavy atom. The number of hydrogen-bond donors (Lipinski definition) is 1. The molecule has 1 aromatic rings. The minimum absolute atomic E-state index is 0.0921. The standard InChI is InChI=1S/C15H20N2O3/c1-19-14-11(3-2-8-16-14)13(18)17-12-4-5-15(12)6-9-20-10-7-15/h2-3,8,12H,4-7,9-10H2,1H3,(H,17,18). The molecule has 2 aliphatic rings. The van der Waals surface area contributed by atoms with Crippen LogP contribution in [-0.2, 0) is 4.74 Å². The number of amides is 1. The number of nitrogens with zero attached hydrogens (tertiary/aromatic N) is 1. The van der Waals surface area contributed by atoms with E-state index in [1.54, 1.807) is 18.3 Å². The molecule has 1 spiro atoms. The molecule has 5 heteroatoms. The molecule has 1 amide bonds. The van der Waals surface area contributed by atoms with Crippen molar-refractivity contribution in [2.24, 2.45) is 5.41 Å². The Morgan fingerprint density at radius 2 is 2.25 bits per heavy atom. The van der Waals surface area contributed by atoms with Crippen LogP contribution in [0.5, 0.6) is 5.88 Å². The van der Waals surface area contributed by atoms with Crippen LogP contribution in [0.25, 0.3) is 0 Å². The molecule has 20 heavy (non-hydrogen) atoms. The normalized spacial score (nSPS) is 23.9. The second-order valence-corrected chi connectivity index (χ2v) is 5.60. The number of ether oxygens (including phenoxy) is 2. The van der Waals surface area contributed by atoms with Crippen molar-refractivity contribution in [1.82, 2.24) is 10.3 Å². The highest BCUT2D eigenvalue weighted by atomic mass is 16.5. The van der Waals surface area contributed by atoms with Crippen molar-refractivity contribution < 1.29 is 14.3 Å². The molecule has 1 atom stereocenters. The van der Waals surface area contributed by atoms with Crippen LogP contribution in [0.3, 0.4) is 0 Å². The van der Waals surface area contributed by atoms with Gasteiger partial charge in [-0.2, -0.15) is 0 Å². The second kappa shape index (κ2) is 5.40. The Morgan fingerprint density at radius 1 is 1.45 bits per heavy atom. The summed E-state index contributed by atoms with van der Waals surface area (Å²) in [6.07, 6.45) is 5.95. The number of rotatable bonds is 3. The molecule has 3 rings (SSSR count). The van der Waals surface area contributed by atoms with Crippen LogP contribution in [0, 0.1) is 5.41 Å². The molecule has 108 valence electrons. The van der Waals surface area contributed by atoms with Gasteiger partial charge in [-0.3, -0.25) is 4.79 Å². The number of carbonyl (C=O) groups excluding carboxylic acids is 1. The Bertz CT molecular complexity index is 498. The highest BCUT2D eigenvalue weighted by Crippen LogP contribution is 2.48. The first kappa shape index (κ1) is 13.4. The van der Waals surface area contributed by atoms with E-state index in [4.69, 9.17) is 9.47 Å². The molecule has 2 heterocycles. The first-order chi connectivity index (χ1) is 9.75. The van der Waals surface area contributed by atoms with Gasteiger partial charge in [0.2, 0.25) is 5.88 Å². The van der Waals surface area contributed by atoms with Gasteiger partial charge in [0.05, 0.1) is 7.11 Å². The summed E-state index contributed by atoms with van der Waals surface area (Å²) in [5, 5.41) is 3.15. The van der Waals surface area contributed by atoms with Crippen molar-refractivity contribution in [2.45, 2.75) is 31.7 Å². The minimum Gasteiger partial charge on any atom is -0.480 e. The largest absolute Gasteiger partial charge is 0.480 e. The van der Waals surface area contributed by atoms with Gasteiger partial charge in [0.1, 0.15) is 5.56 Å². The lowest BCUT2D eigenvalue weighted by Crippen LogP contribution is -2.57. The van der Waals surface area contributed by atoms with Crippen molar-refractivity contribution >= 4 is 5.91 Å². The summed E-state index contributed by atoms with van der Waals surface area (Å²) in [6, 6.07) is 3.75. The molecule has 1 N–H and O–H groups in total.